The molecule has 1 amide bonds. The third-order valence-electron chi connectivity index (χ3n) is 2.36. The van der Waals surface area contributed by atoms with E-state index in [-0.39, 0.29) is 29.5 Å². The largest absolute Gasteiger partial charge is 0.279 e. The Labute approximate surface area is 112 Å². The smallest absolute Gasteiger partial charge is 0.237 e. The van der Waals surface area contributed by atoms with Gasteiger partial charge in [0.2, 0.25) is 32.4 Å². The van der Waals surface area contributed by atoms with Gasteiger partial charge in [-0.3, -0.25) is 9.69 Å². The summed E-state index contributed by atoms with van der Waals surface area (Å²) in [6.07, 6.45) is -0.222. The predicted octanol–water partition coefficient (Wildman–Crippen LogP) is -0.428. The topological polar surface area (TPSA) is 119 Å². The molecule has 0 aliphatic carbocycles. The molecular weight excluding hydrogens is 305 g/mol. The molecule has 0 radical (unpaired) electrons. The number of amides is 1. The minimum Gasteiger partial charge on any atom is -0.279 e. The van der Waals surface area contributed by atoms with Gasteiger partial charge in [0.05, 0.1) is 0 Å². The molecule has 18 heavy (non-hydrogen) atoms. The molecule has 1 saturated heterocycles. The van der Waals surface area contributed by atoms with Gasteiger partial charge in [-0.15, -0.1) is 0 Å². The molecule has 2 rings (SSSR count). The molecule has 1 fully saturated rings. The van der Waals surface area contributed by atoms with Gasteiger partial charge in [-0.1, -0.05) is 0 Å². The van der Waals surface area contributed by atoms with Crippen LogP contribution >= 0.6 is 23.2 Å². The molecule has 1 aliphatic heterocycles. The van der Waals surface area contributed by atoms with E-state index in [9.17, 15) is 13.2 Å². The van der Waals surface area contributed by atoms with Crippen LogP contribution in [-0.4, -0.2) is 41.1 Å². The molecule has 0 aromatic carbocycles. The van der Waals surface area contributed by atoms with Crippen molar-refractivity contribution in [3.63, 3.8) is 0 Å². The first-order chi connectivity index (χ1) is 8.27. The molecule has 2 N–H and O–H groups in total. The van der Waals surface area contributed by atoms with Crippen LogP contribution in [0.25, 0.3) is 0 Å². The number of carbonyl (C=O) groups excluding carboxylic acids is 1. The number of nitrogens with two attached hydrogens (primary N) is 1. The van der Waals surface area contributed by atoms with Gasteiger partial charge in [0.15, 0.2) is 0 Å². The molecule has 8 nitrogen and oxygen atoms in total. The molecule has 1 unspecified atom stereocenters. The van der Waals surface area contributed by atoms with E-state index in [0.717, 1.165) is 4.90 Å². The summed E-state index contributed by atoms with van der Waals surface area (Å²) in [5, 5.41) is 3.64. The van der Waals surface area contributed by atoms with Crippen molar-refractivity contribution in [1.82, 2.24) is 15.0 Å². The predicted molar refractivity (Wildman–Crippen MR) is 63.7 cm³/mol. The van der Waals surface area contributed by atoms with Gasteiger partial charge in [0.1, 0.15) is 5.25 Å². The first-order valence-corrected chi connectivity index (χ1v) is 7.03. The van der Waals surface area contributed by atoms with Crippen molar-refractivity contribution in [2.24, 2.45) is 5.14 Å². The average molecular weight is 312 g/mol. The lowest BCUT2D eigenvalue weighted by Gasteiger charge is -2.13. The van der Waals surface area contributed by atoms with Crippen LogP contribution in [0.2, 0.25) is 10.6 Å². The van der Waals surface area contributed by atoms with Crippen LogP contribution in [0, 0.1) is 0 Å². The Morgan fingerprint density at radius 1 is 1.22 bits per heavy atom. The number of primary sulfonamides is 1. The molecule has 1 aromatic heterocycles. The van der Waals surface area contributed by atoms with Gasteiger partial charge in [0.25, 0.3) is 0 Å². The van der Waals surface area contributed by atoms with Crippen molar-refractivity contribution >= 4 is 45.1 Å². The lowest BCUT2D eigenvalue weighted by atomic mass is 10.4. The molecule has 1 aromatic rings. The van der Waals surface area contributed by atoms with E-state index in [1.54, 1.807) is 0 Å². The molecule has 0 saturated carbocycles. The summed E-state index contributed by atoms with van der Waals surface area (Å²) in [5.74, 6) is -0.552. The number of halogens is 2. The normalized spacial score (nSPS) is 20.5. The molecule has 0 spiro atoms. The maximum atomic E-state index is 11.7. The maximum absolute atomic E-state index is 11.7. The number of carbonyl (C=O) groups is 1. The number of sulfonamides is 1. The lowest BCUT2D eigenvalue weighted by Crippen LogP contribution is -2.32. The van der Waals surface area contributed by atoms with Gasteiger partial charge >= 0.3 is 0 Å². The van der Waals surface area contributed by atoms with Gasteiger partial charge in [0, 0.05) is 13.0 Å². The molecule has 1 atom stereocenters. The SMILES string of the molecule is NS(=O)(=O)C1CC(=O)N(c2nc(Cl)nc(Cl)n2)C1. The summed E-state index contributed by atoms with van der Waals surface area (Å²) < 4.78 is 22.4. The molecule has 2 heterocycles. The van der Waals surface area contributed by atoms with Crippen LogP contribution in [0.1, 0.15) is 6.42 Å². The van der Waals surface area contributed by atoms with Crippen molar-refractivity contribution in [3.05, 3.63) is 10.6 Å². The Kier molecular flexibility index (Phi) is 3.41. The van der Waals surface area contributed by atoms with E-state index < -0.39 is 21.2 Å². The molecular formula is C7H7Cl2N5O3S. The Hall–Kier alpha value is -1.03. The minimum atomic E-state index is -3.80. The summed E-state index contributed by atoms with van der Waals surface area (Å²) in [6, 6.07) is 0. The zero-order valence-electron chi connectivity index (χ0n) is 8.75. The zero-order chi connectivity index (χ0) is 13.5. The number of hydrogen-bond acceptors (Lipinski definition) is 6. The van der Waals surface area contributed by atoms with Crippen LogP contribution in [0.15, 0.2) is 0 Å². The van der Waals surface area contributed by atoms with Gasteiger partial charge in [-0.05, 0) is 23.2 Å². The first kappa shape index (κ1) is 13.4. The summed E-state index contributed by atoms with van der Waals surface area (Å²) >= 11 is 11.1. The highest BCUT2D eigenvalue weighted by atomic mass is 35.5. The highest BCUT2D eigenvalue weighted by molar-refractivity contribution is 7.89. The second-order valence-corrected chi connectivity index (χ2v) is 6.11. The quantitative estimate of drug-likeness (QED) is 0.791. The Morgan fingerprint density at radius 2 is 1.78 bits per heavy atom. The minimum absolute atomic E-state index is 0.0869. The van der Waals surface area contributed by atoms with Gasteiger partial charge in [-0.2, -0.15) is 15.0 Å². The van der Waals surface area contributed by atoms with Gasteiger partial charge < -0.3 is 0 Å². The van der Waals surface area contributed by atoms with Crippen LogP contribution < -0.4 is 10.0 Å². The Bertz CT molecular complexity index is 587. The van der Waals surface area contributed by atoms with E-state index in [0.29, 0.717) is 0 Å². The highest BCUT2D eigenvalue weighted by Gasteiger charge is 2.38. The van der Waals surface area contributed by atoms with E-state index >= 15 is 0 Å². The van der Waals surface area contributed by atoms with Crippen LogP contribution in [0.3, 0.4) is 0 Å². The van der Waals surface area contributed by atoms with Gasteiger partial charge in [-0.25, -0.2) is 13.6 Å². The first-order valence-electron chi connectivity index (χ1n) is 4.66. The van der Waals surface area contributed by atoms with Crippen molar-refractivity contribution in [2.75, 3.05) is 11.4 Å². The second kappa shape index (κ2) is 4.57. The van der Waals surface area contributed by atoms with E-state index in [1.807, 2.05) is 0 Å². The number of rotatable bonds is 2. The number of nitrogens with zero attached hydrogens (tertiary/aromatic N) is 4. The summed E-state index contributed by atoms with van der Waals surface area (Å²) in [7, 11) is -3.80. The van der Waals surface area contributed by atoms with Crippen LogP contribution in [0.4, 0.5) is 5.95 Å². The summed E-state index contributed by atoms with van der Waals surface area (Å²) in [5.41, 5.74) is 0. The lowest BCUT2D eigenvalue weighted by molar-refractivity contribution is -0.117. The highest BCUT2D eigenvalue weighted by Crippen LogP contribution is 2.22. The Morgan fingerprint density at radius 3 is 2.22 bits per heavy atom. The molecule has 98 valence electrons. The summed E-state index contributed by atoms with van der Waals surface area (Å²) in [6.45, 7) is -0.131. The number of aromatic nitrogens is 3. The third kappa shape index (κ3) is 2.69. The zero-order valence-corrected chi connectivity index (χ0v) is 11.1. The van der Waals surface area contributed by atoms with Crippen molar-refractivity contribution < 1.29 is 13.2 Å². The maximum Gasteiger partial charge on any atom is 0.237 e. The molecule has 0 bridgehead atoms. The molecule has 1 aliphatic rings. The molecule has 11 heteroatoms. The standard InChI is InChI=1S/C7H7Cl2N5O3S/c8-5-11-6(9)13-7(12-5)14-2-3(1-4(14)15)18(10,16)17/h3H,1-2H2,(H2,10,16,17). The van der Waals surface area contributed by atoms with Crippen molar-refractivity contribution in [2.45, 2.75) is 11.7 Å². The fourth-order valence-electron chi connectivity index (χ4n) is 1.53. The van der Waals surface area contributed by atoms with E-state index in [1.165, 1.54) is 0 Å². The monoisotopic (exact) mass is 311 g/mol. The van der Waals surface area contributed by atoms with Crippen molar-refractivity contribution in [3.8, 4) is 0 Å². The fraction of sp³-hybridized carbons (Fsp3) is 0.429. The average Bonchev–Trinajstić information content (AvgIpc) is 2.58. The third-order valence-corrected chi connectivity index (χ3v) is 3.95. The summed E-state index contributed by atoms with van der Waals surface area (Å²) in [4.78, 5) is 23.7. The fourth-order valence-corrected chi connectivity index (χ4v) is 2.61. The second-order valence-electron chi connectivity index (χ2n) is 3.59. The van der Waals surface area contributed by atoms with Crippen LogP contribution in [-0.2, 0) is 14.8 Å². The Balaban J connectivity index is 2.32. The number of hydrogen-bond donors (Lipinski definition) is 1. The van der Waals surface area contributed by atoms with E-state index in [4.69, 9.17) is 28.3 Å². The number of anilines is 1. The van der Waals surface area contributed by atoms with Crippen LogP contribution in [0.5, 0.6) is 0 Å². The van der Waals surface area contributed by atoms with Crippen molar-refractivity contribution in [1.29, 1.82) is 0 Å². The van der Waals surface area contributed by atoms with E-state index in [2.05, 4.69) is 15.0 Å².